The molecule has 0 fully saturated rings. The first-order chi connectivity index (χ1) is 14.1. The number of hydrogen-bond acceptors (Lipinski definition) is 6. The minimum atomic E-state index is -0.482. The SMILES string of the molecule is COc1ccc(-c2cc(-c3cc(OC)c(OC)c(OC)c3)[nH]c(=O)c2C#N)cc1. The average Bonchev–Trinajstić information content (AvgIpc) is 2.77. The smallest absolute Gasteiger partial charge is 0.266 e. The summed E-state index contributed by atoms with van der Waals surface area (Å²) in [4.78, 5) is 15.4. The number of ether oxygens (including phenoxy) is 4. The fourth-order valence-corrected chi connectivity index (χ4v) is 3.06. The van der Waals surface area contributed by atoms with Gasteiger partial charge in [0.1, 0.15) is 17.4 Å². The van der Waals surface area contributed by atoms with Crippen LogP contribution in [0.15, 0.2) is 47.3 Å². The van der Waals surface area contributed by atoms with Gasteiger partial charge in [0, 0.05) is 16.8 Å². The molecule has 0 radical (unpaired) electrons. The lowest BCUT2D eigenvalue weighted by Crippen LogP contribution is -2.12. The molecule has 0 spiro atoms. The number of pyridine rings is 1. The summed E-state index contributed by atoms with van der Waals surface area (Å²) in [7, 11) is 6.13. The first-order valence-electron chi connectivity index (χ1n) is 8.68. The molecule has 0 bridgehead atoms. The third-order valence-corrected chi connectivity index (χ3v) is 4.52. The van der Waals surface area contributed by atoms with E-state index in [0.29, 0.717) is 39.8 Å². The van der Waals surface area contributed by atoms with Gasteiger partial charge in [-0.3, -0.25) is 4.79 Å². The lowest BCUT2D eigenvalue weighted by Gasteiger charge is -2.15. The Morgan fingerprint density at radius 1 is 0.828 bits per heavy atom. The average molecular weight is 392 g/mol. The lowest BCUT2D eigenvalue weighted by atomic mass is 9.98. The Hall–Kier alpha value is -3.92. The van der Waals surface area contributed by atoms with Crippen molar-refractivity contribution in [1.82, 2.24) is 4.98 Å². The number of H-pyrrole nitrogens is 1. The maximum atomic E-state index is 12.6. The van der Waals surface area contributed by atoms with Crippen LogP contribution in [0, 0.1) is 11.3 Å². The number of aromatic nitrogens is 1. The van der Waals surface area contributed by atoms with Crippen molar-refractivity contribution < 1.29 is 18.9 Å². The Balaban J connectivity index is 2.23. The Labute approximate surface area is 168 Å². The van der Waals surface area contributed by atoms with Gasteiger partial charge in [0.05, 0.1) is 28.4 Å². The van der Waals surface area contributed by atoms with E-state index < -0.39 is 5.56 Å². The van der Waals surface area contributed by atoms with E-state index in [1.807, 2.05) is 6.07 Å². The molecule has 0 aliphatic rings. The molecule has 29 heavy (non-hydrogen) atoms. The standard InChI is InChI=1S/C22H20N2O5/c1-26-15-7-5-13(6-8-15)16-11-18(24-22(25)17(16)12-23)14-9-19(27-2)21(29-4)20(10-14)28-3/h5-11H,1-4H3,(H,24,25). The van der Waals surface area contributed by atoms with Gasteiger partial charge in [0.15, 0.2) is 11.5 Å². The van der Waals surface area contributed by atoms with Gasteiger partial charge in [-0.05, 0) is 35.9 Å². The summed E-state index contributed by atoms with van der Waals surface area (Å²) < 4.78 is 21.3. The van der Waals surface area contributed by atoms with Crippen molar-refractivity contribution in [2.24, 2.45) is 0 Å². The van der Waals surface area contributed by atoms with Crippen LogP contribution in [0.5, 0.6) is 23.0 Å². The molecule has 1 aromatic heterocycles. The number of rotatable bonds is 6. The number of methoxy groups -OCH3 is 4. The zero-order valence-electron chi connectivity index (χ0n) is 16.5. The summed E-state index contributed by atoms with van der Waals surface area (Å²) in [6.45, 7) is 0. The van der Waals surface area contributed by atoms with Crippen molar-refractivity contribution >= 4 is 0 Å². The van der Waals surface area contributed by atoms with E-state index in [-0.39, 0.29) is 5.56 Å². The zero-order chi connectivity index (χ0) is 21.0. The molecule has 1 N–H and O–H groups in total. The molecule has 0 aliphatic heterocycles. The van der Waals surface area contributed by atoms with Crippen LogP contribution in [-0.2, 0) is 0 Å². The molecule has 0 amide bonds. The summed E-state index contributed by atoms with van der Waals surface area (Å²) >= 11 is 0. The van der Waals surface area contributed by atoms with E-state index in [9.17, 15) is 10.1 Å². The van der Waals surface area contributed by atoms with E-state index in [0.717, 1.165) is 5.56 Å². The first-order valence-corrected chi connectivity index (χ1v) is 8.68. The summed E-state index contributed by atoms with van der Waals surface area (Å²) in [5.41, 5.74) is 1.95. The van der Waals surface area contributed by atoms with Gasteiger partial charge in [0.2, 0.25) is 5.75 Å². The molecule has 3 rings (SSSR count). The molecule has 0 unspecified atom stereocenters. The number of benzene rings is 2. The van der Waals surface area contributed by atoms with Crippen LogP contribution in [0.3, 0.4) is 0 Å². The molecule has 0 atom stereocenters. The predicted octanol–water partition coefficient (Wildman–Crippen LogP) is 3.61. The van der Waals surface area contributed by atoms with Gasteiger partial charge in [-0.15, -0.1) is 0 Å². The molecular formula is C22H20N2O5. The molecule has 1 heterocycles. The minimum absolute atomic E-state index is 0.0337. The van der Waals surface area contributed by atoms with Gasteiger partial charge in [-0.2, -0.15) is 5.26 Å². The first kappa shape index (κ1) is 19.8. The van der Waals surface area contributed by atoms with Gasteiger partial charge < -0.3 is 23.9 Å². The molecule has 0 saturated heterocycles. The number of aromatic amines is 1. The largest absolute Gasteiger partial charge is 0.497 e. The third kappa shape index (κ3) is 3.73. The van der Waals surface area contributed by atoms with Crippen molar-refractivity contribution in [3.05, 3.63) is 58.4 Å². The monoisotopic (exact) mass is 392 g/mol. The normalized spacial score (nSPS) is 10.2. The maximum Gasteiger partial charge on any atom is 0.266 e. The molecular weight excluding hydrogens is 372 g/mol. The van der Waals surface area contributed by atoms with Gasteiger partial charge in [-0.25, -0.2) is 0 Å². The molecule has 2 aromatic carbocycles. The molecule has 148 valence electrons. The van der Waals surface area contributed by atoms with Crippen LogP contribution in [0.1, 0.15) is 5.56 Å². The minimum Gasteiger partial charge on any atom is -0.497 e. The van der Waals surface area contributed by atoms with Gasteiger partial charge >= 0.3 is 0 Å². The van der Waals surface area contributed by atoms with Crippen molar-refractivity contribution in [1.29, 1.82) is 5.26 Å². The van der Waals surface area contributed by atoms with Crippen LogP contribution in [0.25, 0.3) is 22.4 Å². The van der Waals surface area contributed by atoms with Crippen LogP contribution < -0.4 is 24.5 Å². The quantitative estimate of drug-likeness (QED) is 0.689. The molecule has 0 aliphatic carbocycles. The summed E-state index contributed by atoms with van der Waals surface area (Å²) in [5, 5.41) is 9.50. The summed E-state index contributed by atoms with van der Waals surface area (Å²) in [6.07, 6.45) is 0. The number of nitrogens with one attached hydrogen (secondary N) is 1. The van der Waals surface area contributed by atoms with Crippen LogP contribution >= 0.6 is 0 Å². The van der Waals surface area contributed by atoms with Crippen molar-refractivity contribution in [2.75, 3.05) is 28.4 Å². The van der Waals surface area contributed by atoms with Crippen LogP contribution in [0.4, 0.5) is 0 Å². The number of nitrogens with zero attached hydrogens (tertiary/aromatic N) is 1. The second-order valence-electron chi connectivity index (χ2n) is 6.06. The Bertz CT molecular complexity index is 1100. The molecule has 7 nitrogen and oxygen atoms in total. The number of nitriles is 1. The topological polar surface area (TPSA) is 93.6 Å². The second kappa shape index (κ2) is 8.40. The Morgan fingerprint density at radius 2 is 1.45 bits per heavy atom. The predicted molar refractivity (Wildman–Crippen MR) is 109 cm³/mol. The second-order valence-corrected chi connectivity index (χ2v) is 6.06. The van der Waals surface area contributed by atoms with E-state index in [4.69, 9.17) is 18.9 Å². The van der Waals surface area contributed by atoms with E-state index in [1.165, 1.54) is 21.3 Å². The van der Waals surface area contributed by atoms with Crippen LogP contribution in [0.2, 0.25) is 0 Å². The third-order valence-electron chi connectivity index (χ3n) is 4.52. The van der Waals surface area contributed by atoms with Crippen LogP contribution in [-0.4, -0.2) is 33.4 Å². The fraction of sp³-hybridized carbons (Fsp3) is 0.182. The highest BCUT2D eigenvalue weighted by molar-refractivity contribution is 5.77. The van der Waals surface area contributed by atoms with E-state index in [1.54, 1.807) is 49.6 Å². The summed E-state index contributed by atoms with van der Waals surface area (Å²) in [5.74, 6) is 2.04. The maximum absolute atomic E-state index is 12.6. The Kier molecular flexibility index (Phi) is 5.74. The zero-order valence-corrected chi connectivity index (χ0v) is 16.5. The highest BCUT2D eigenvalue weighted by Gasteiger charge is 2.17. The lowest BCUT2D eigenvalue weighted by molar-refractivity contribution is 0.324. The fourth-order valence-electron chi connectivity index (χ4n) is 3.06. The molecule has 7 heteroatoms. The molecule has 0 saturated carbocycles. The highest BCUT2D eigenvalue weighted by atomic mass is 16.5. The highest BCUT2D eigenvalue weighted by Crippen LogP contribution is 2.41. The van der Waals surface area contributed by atoms with Crippen molar-refractivity contribution in [3.8, 4) is 51.5 Å². The summed E-state index contributed by atoms with van der Waals surface area (Å²) in [6, 6.07) is 14.4. The van der Waals surface area contributed by atoms with E-state index >= 15 is 0 Å². The molecule has 3 aromatic rings. The van der Waals surface area contributed by atoms with E-state index in [2.05, 4.69) is 4.98 Å². The van der Waals surface area contributed by atoms with Gasteiger partial charge in [-0.1, -0.05) is 12.1 Å². The Morgan fingerprint density at radius 3 is 1.93 bits per heavy atom. The van der Waals surface area contributed by atoms with Gasteiger partial charge in [0.25, 0.3) is 5.56 Å². The van der Waals surface area contributed by atoms with Crippen molar-refractivity contribution in [3.63, 3.8) is 0 Å². The van der Waals surface area contributed by atoms with Crippen molar-refractivity contribution in [2.45, 2.75) is 0 Å². The number of hydrogen-bond donors (Lipinski definition) is 1.